The van der Waals surface area contributed by atoms with Gasteiger partial charge in [-0.2, -0.15) is 0 Å². The van der Waals surface area contributed by atoms with Crippen molar-refractivity contribution in [1.82, 2.24) is 4.90 Å². The quantitative estimate of drug-likeness (QED) is 0.861. The van der Waals surface area contributed by atoms with Crippen LogP contribution in [0.4, 0.5) is 5.69 Å². The molecule has 1 unspecified atom stereocenters. The van der Waals surface area contributed by atoms with Crippen LogP contribution < -0.4 is 5.73 Å². The molecule has 0 spiro atoms. The molecule has 20 heavy (non-hydrogen) atoms. The Morgan fingerprint density at radius 3 is 2.70 bits per heavy atom. The molecular formula is C18H22N2. The third kappa shape index (κ3) is 3.02. The van der Waals surface area contributed by atoms with E-state index in [1.807, 2.05) is 6.07 Å². The lowest BCUT2D eigenvalue weighted by Gasteiger charge is -2.16. The van der Waals surface area contributed by atoms with E-state index in [0.717, 1.165) is 18.8 Å². The molecule has 1 aliphatic heterocycles. The van der Waals surface area contributed by atoms with Crippen LogP contribution in [0.5, 0.6) is 0 Å². The summed E-state index contributed by atoms with van der Waals surface area (Å²) in [6.45, 7) is 5.50. The Bertz CT molecular complexity index is 574. The van der Waals surface area contributed by atoms with Crippen molar-refractivity contribution in [3.05, 3.63) is 65.2 Å². The number of rotatable bonds is 3. The Balaban J connectivity index is 1.63. The van der Waals surface area contributed by atoms with Gasteiger partial charge in [0, 0.05) is 18.8 Å². The minimum atomic E-state index is 0.629. The van der Waals surface area contributed by atoms with Crippen molar-refractivity contribution < 1.29 is 0 Å². The summed E-state index contributed by atoms with van der Waals surface area (Å²) < 4.78 is 0. The van der Waals surface area contributed by atoms with Crippen LogP contribution in [0.2, 0.25) is 0 Å². The Kier molecular flexibility index (Phi) is 3.75. The fourth-order valence-corrected chi connectivity index (χ4v) is 3.01. The van der Waals surface area contributed by atoms with Crippen LogP contribution in [0, 0.1) is 6.92 Å². The van der Waals surface area contributed by atoms with Crippen molar-refractivity contribution >= 4 is 5.69 Å². The van der Waals surface area contributed by atoms with E-state index in [1.165, 1.54) is 29.7 Å². The van der Waals surface area contributed by atoms with Crippen LogP contribution in [-0.4, -0.2) is 18.0 Å². The monoisotopic (exact) mass is 266 g/mol. The third-order valence-corrected chi connectivity index (χ3v) is 4.18. The lowest BCUT2D eigenvalue weighted by atomic mass is 9.98. The van der Waals surface area contributed by atoms with Crippen molar-refractivity contribution in [2.75, 3.05) is 18.8 Å². The average Bonchev–Trinajstić information content (AvgIpc) is 2.90. The van der Waals surface area contributed by atoms with Gasteiger partial charge in [0.2, 0.25) is 0 Å². The summed E-state index contributed by atoms with van der Waals surface area (Å²) in [5, 5.41) is 0. The number of hydrogen-bond donors (Lipinski definition) is 1. The molecule has 2 aromatic carbocycles. The molecule has 1 fully saturated rings. The summed E-state index contributed by atoms with van der Waals surface area (Å²) in [5.74, 6) is 0.629. The van der Waals surface area contributed by atoms with Gasteiger partial charge in [0.05, 0.1) is 0 Å². The van der Waals surface area contributed by atoms with Crippen LogP contribution in [0.25, 0.3) is 0 Å². The van der Waals surface area contributed by atoms with Crippen LogP contribution in [-0.2, 0) is 6.54 Å². The SMILES string of the molecule is Cc1ccc(CN2CCC(c3cccc(N)c3)C2)cc1. The highest BCUT2D eigenvalue weighted by Crippen LogP contribution is 2.29. The molecular weight excluding hydrogens is 244 g/mol. The average molecular weight is 266 g/mol. The first-order chi connectivity index (χ1) is 9.70. The largest absolute Gasteiger partial charge is 0.399 e. The highest BCUT2D eigenvalue weighted by Gasteiger charge is 2.23. The van der Waals surface area contributed by atoms with Crippen molar-refractivity contribution in [2.45, 2.75) is 25.8 Å². The summed E-state index contributed by atoms with van der Waals surface area (Å²) in [5.41, 5.74) is 10.9. The van der Waals surface area contributed by atoms with Crippen LogP contribution >= 0.6 is 0 Å². The second-order valence-corrected chi connectivity index (χ2v) is 5.88. The van der Waals surface area contributed by atoms with Crippen LogP contribution in [0.3, 0.4) is 0 Å². The fourth-order valence-electron chi connectivity index (χ4n) is 3.01. The molecule has 2 heteroatoms. The Labute approximate surface area is 121 Å². The van der Waals surface area contributed by atoms with Gasteiger partial charge in [-0.3, -0.25) is 4.90 Å². The standard InChI is InChI=1S/C18H22N2/c1-14-5-7-15(8-6-14)12-20-10-9-17(13-20)16-3-2-4-18(19)11-16/h2-8,11,17H,9-10,12-13,19H2,1H3. The first kappa shape index (κ1) is 13.2. The molecule has 1 heterocycles. The van der Waals surface area contributed by atoms with Crippen LogP contribution in [0.1, 0.15) is 29.0 Å². The Morgan fingerprint density at radius 2 is 1.95 bits per heavy atom. The smallest absolute Gasteiger partial charge is 0.0316 e. The molecule has 104 valence electrons. The molecule has 3 rings (SSSR count). The number of nitrogen functional groups attached to an aromatic ring is 1. The fraction of sp³-hybridized carbons (Fsp3) is 0.333. The van der Waals surface area contributed by atoms with E-state index in [0.29, 0.717) is 5.92 Å². The minimum Gasteiger partial charge on any atom is -0.399 e. The maximum atomic E-state index is 5.88. The van der Waals surface area contributed by atoms with Gasteiger partial charge in [-0.25, -0.2) is 0 Å². The van der Waals surface area contributed by atoms with E-state index >= 15 is 0 Å². The molecule has 1 atom stereocenters. The highest BCUT2D eigenvalue weighted by molar-refractivity contribution is 5.42. The van der Waals surface area contributed by atoms with Gasteiger partial charge in [-0.1, -0.05) is 42.0 Å². The van der Waals surface area contributed by atoms with Crippen molar-refractivity contribution in [2.24, 2.45) is 0 Å². The molecule has 0 radical (unpaired) electrons. The van der Waals surface area contributed by atoms with Crippen LogP contribution in [0.15, 0.2) is 48.5 Å². The zero-order chi connectivity index (χ0) is 13.9. The lowest BCUT2D eigenvalue weighted by molar-refractivity contribution is 0.327. The summed E-state index contributed by atoms with van der Waals surface area (Å²) in [4.78, 5) is 2.54. The van der Waals surface area contributed by atoms with E-state index in [-0.39, 0.29) is 0 Å². The molecule has 0 bridgehead atoms. The number of nitrogens with two attached hydrogens (primary N) is 1. The Morgan fingerprint density at radius 1 is 1.15 bits per heavy atom. The molecule has 1 aliphatic rings. The zero-order valence-corrected chi connectivity index (χ0v) is 12.0. The topological polar surface area (TPSA) is 29.3 Å². The normalized spacial score (nSPS) is 19.4. The molecule has 0 amide bonds. The van der Waals surface area contributed by atoms with E-state index in [2.05, 4.69) is 54.3 Å². The summed E-state index contributed by atoms with van der Waals surface area (Å²) in [6.07, 6.45) is 1.23. The van der Waals surface area contributed by atoms with E-state index in [1.54, 1.807) is 0 Å². The van der Waals surface area contributed by atoms with Gasteiger partial charge in [0.1, 0.15) is 0 Å². The van der Waals surface area contributed by atoms with Gasteiger partial charge in [0.15, 0.2) is 0 Å². The molecule has 2 N–H and O–H groups in total. The minimum absolute atomic E-state index is 0.629. The maximum Gasteiger partial charge on any atom is 0.0316 e. The number of anilines is 1. The maximum absolute atomic E-state index is 5.88. The molecule has 0 aromatic heterocycles. The summed E-state index contributed by atoms with van der Waals surface area (Å²) in [7, 11) is 0. The first-order valence-electron chi connectivity index (χ1n) is 7.34. The van der Waals surface area contributed by atoms with Gasteiger partial charge in [0.25, 0.3) is 0 Å². The van der Waals surface area contributed by atoms with Crippen molar-refractivity contribution in [3.63, 3.8) is 0 Å². The number of benzene rings is 2. The highest BCUT2D eigenvalue weighted by atomic mass is 15.1. The third-order valence-electron chi connectivity index (χ3n) is 4.18. The van der Waals surface area contributed by atoms with E-state index in [4.69, 9.17) is 5.73 Å². The van der Waals surface area contributed by atoms with Gasteiger partial charge in [-0.05, 0) is 49.1 Å². The molecule has 0 aliphatic carbocycles. The predicted octanol–water partition coefficient (Wildman–Crippen LogP) is 3.57. The second kappa shape index (κ2) is 5.68. The lowest BCUT2D eigenvalue weighted by Crippen LogP contribution is -2.19. The predicted molar refractivity (Wildman–Crippen MR) is 84.7 cm³/mol. The van der Waals surface area contributed by atoms with E-state index in [9.17, 15) is 0 Å². The van der Waals surface area contributed by atoms with Crippen molar-refractivity contribution in [1.29, 1.82) is 0 Å². The molecule has 2 nitrogen and oxygen atoms in total. The summed E-state index contributed by atoms with van der Waals surface area (Å²) >= 11 is 0. The number of nitrogens with zero attached hydrogens (tertiary/aromatic N) is 1. The Hall–Kier alpha value is -1.80. The number of hydrogen-bond acceptors (Lipinski definition) is 2. The molecule has 0 saturated carbocycles. The second-order valence-electron chi connectivity index (χ2n) is 5.88. The molecule has 1 saturated heterocycles. The van der Waals surface area contributed by atoms with E-state index < -0.39 is 0 Å². The van der Waals surface area contributed by atoms with Gasteiger partial charge < -0.3 is 5.73 Å². The van der Waals surface area contributed by atoms with Gasteiger partial charge in [-0.15, -0.1) is 0 Å². The molecule has 2 aromatic rings. The van der Waals surface area contributed by atoms with Crippen molar-refractivity contribution in [3.8, 4) is 0 Å². The number of likely N-dealkylation sites (tertiary alicyclic amines) is 1. The zero-order valence-electron chi connectivity index (χ0n) is 12.0. The number of aryl methyl sites for hydroxylation is 1. The first-order valence-corrected chi connectivity index (χ1v) is 7.34. The summed E-state index contributed by atoms with van der Waals surface area (Å²) in [6, 6.07) is 17.2. The van der Waals surface area contributed by atoms with Gasteiger partial charge >= 0.3 is 0 Å².